The van der Waals surface area contributed by atoms with E-state index in [9.17, 15) is 25.0 Å². The largest absolute Gasteiger partial charge is 0.473 e. The lowest BCUT2D eigenvalue weighted by atomic mass is 9.94. The molecule has 1 aromatic rings. The van der Waals surface area contributed by atoms with E-state index in [2.05, 4.69) is 6.92 Å². The third-order valence-electron chi connectivity index (χ3n) is 4.10. The number of carboxylic acids is 1. The summed E-state index contributed by atoms with van der Waals surface area (Å²) in [6.07, 6.45) is 6.98. The molecular formula is C18H24N2O6. The smallest absolute Gasteiger partial charge is 0.408 e. The Balaban J connectivity index is 3.12. The van der Waals surface area contributed by atoms with Crippen LogP contribution in [0.4, 0.5) is 0 Å². The van der Waals surface area contributed by atoms with Gasteiger partial charge in [0.1, 0.15) is 5.57 Å². The Morgan fingerprint density at radius 2 is 1.65 bits per heavy atom. The number of rotatable bonds is 12. The first-order chi connectivity index (χ1) is 12.4. The van der Waals surface area contributed by atoms with Crippen LogP contribution in [0.1, 0.15) is 56.6 Å². The van der Waals surface area contributed by atoms with Gasteiger partial charge < -0.3 is 5.11 Å². The molecule has 0 aromatic heterocycles. The van der Waals surface area contributed by atoms with Crippen LogP contribution in [-0.2, 0) is 11.2 Å². The van der Waals surface area contributed by atoms with Crippen molar-refractivity contribution in [3.63, 3.8) is 0 Å². The van der Waals surface area contributed by atoms with E-state index in [1.165, 1.54) is 12.5 Å². The minimum absolute atomic E-state index is 0.270. The third-order valence-corrected chi connectivity index (χ3v) is 4.10. The summed E-state index contributed by atoms with van der Waals surface area (Å²) in [6.45, 7) is 1.23. The maximum Gasteiger partial charge on any atom is 0.408 e. The first-order valence-corrected chi connectivity index (χ1v) is 8.69. The zero-order chi connectivity index (χ0) is 19.5. The highest BCUT2D eigenvalue weighted by Gasteiger charge is 2.31. The van der Waals surface area contributed by atoms with E-state index in [1.807, 2.05) is 0 Å². The minimum atomic E-state index is -1.78. The van der Waals surface area contributed by atoms with E-state index in [-0.39, 0.29) is 11.1 Å². The summed E-state index contributed by atoms with van der Waals surface area (Å²) in [4.78, 5) is 31.6. The van der Waals surface area contributed by atoms with Gasteiger partial charge in [-0.15, -0.1) is 0 Å². The second-order valence-corrected chi connectivity index (χ2v) is 6.06. The number of aliphatic carboxylic acids is 1. The highest BCUT2D eigenvalue weighted by atomic mass is 16.6. The Morgan fingerprint density at radius 3 is 2.23 bits per heavy atom. The standard InChI is InChI=1S/C18H24N2O6/c1-2-3-4-5-6-7-10-14-11-8-9-12-15(14)16(13-19(23)24)17(18(21)22)20(25)26/h8-9,11-12H,2-7,10,13H2,1H3,(H,21,22)/b17-16+. The fourth-order valence-electron chi connectivity index (χ4n) is 2.86. The second kappa shape index (κ2) is 11.0. The van der Waals surface area contributed by atoms with Gasteiger partial charge in [-0.2, -0.15) is 0 Å². The van der Waals surface area contributed by atoms with Gasteiger partial charge in [0.05, 0.1) is 4.92 Å². The van der Waals surface area contributed by atoms with Gasteiger partial charge in [-0.25, -0.2) is 4.79 Å². The van der Waals surface area contributed by atoms with E-state index >= 15 is 0 Å². The Kier molecular flexibility index (Phi) is 8.97. The van der Waals surface area contributed by atoms with Crippen LogP contribution in [0.5, 0.6) is 0 Å². The van der Waals surface area contributed by atoms with Crippen LogP contribution >= 0.6 is 0 Å². The quantitative estimate of drug-likeness (QED) is 0.259. The molecule has 8 heteroatoms. The predicted molar refractivity (Wildman–Crippen MR) is 96.9 cm³/mol. The first kappa shape index (κ1) is 21.3. The predicted octanol–water partition coefficient (Wildman–Crippen LogP) is 3.94. The van der Waals surface area contributed by atoms with Gasteiger partial charge >= 0.3 is 11.7 Å². The van der Waals surface area contributed by atoms with Crippen LogP contribution in [0.15, 0.2) is 30.0 Å². The molecule has 0 radical (unpaired) electrons. The lowest BCUT2D eigenvalue weighted by Gasteiger charge is -2.10. The summed E-state index contributed by atoms with van der Waals surface area (Å²) in [5, 5.41) is 31.3. The van der Waals surface area contributed by atoms with Crippen LogP contribution in [0.25, 0.3) is 5.57 Å². The van der Waals surface area contributed by atoms with Crippen molar-refractivity contribution in [3.8, 4) is 0 Å². The number of unbranched alkanes of at least 4 members (excludes halogenated alkanes) is 5. The summed E-state index contributed by atoms with van der Waals surface area (Å²) >= 11 is 0. The molecule has 0 aliphatic heterocycles. The monoisotopic (exact) mass is 364 g/mol. The first-order valence-electron chi connectivity index (χ1n) is 8.69. The van der Waals surface area contributed by atoms with Crippen molar-refractivity contribution < 1.29 is 19.7 Å². The highest BCUT2D eigenvalue weighted by Crippen LogP contribution is 2.25. The van der Waals surface area contributed by atoms with E-state index < -0.39 is 28.1 Å². The molecule has 142 valence electrons. The zero-order valence-corrected chi connectivity index (χ0v) is 14.8. The lowest BCUT2D eigenvalue weighted by molar-refractivity contribution is -0.468. The summed E-state index contributed by atoms with van der Waals surface area (Å²) in [7, 11) is 0. The molecule has 0 atom stereocenters. The topological polar surface area (TPSA) is 124 Å². The third kappa shape index (κ3) is 6.62. The molecule has 0 bridgehead atoms. The van der Waals surface area contributed by atoms with Gasteiger partial charge in [0.25, 0.3) is 0 Å². The summed E-state index contributed by atoms with van der Waals surface area (Å²) in [6, 6.07) is 6.59. The van der Waals surface area contributed by atoms with Crippen molar-refractivity contribution in [3.05, 3.63) is 61.3 Å². The molecule has 0 unspecified atom stereocenters. The van der Waals surface area contributed by atoms with E-state index in [0.717, 1.165) is 32.1 Å². The molecule has 0 fully saturated rings. The number of hydrogen-bond acceptors (Lipinski definition) is 5. The average molecular weight is 364 g/mol. The highest BCUT2D eigenvalue weighted by molar-refractivity contribution is 5.94. The van der Waals surface area contributed by atoms with E-state index in [0.29, 0.717) is 12.0 Å². The molecule has 0 aliphatic carbocycles. The molecule has 0 amide bonds. The molecule has 0 heterocycles. The van der Waals surface area contributed by atoms with Crippen LogP contribution in [0, 0.1) is 20.2 Å². The van der Waals surface area contributed by atoms with Crippen molar-refractivity contribution in [1.82, 2.24) is 0 Å². The summed E-state index contributed by atoms with van der Waals surface area (Å²) < 4.78 is 0. The van der Waals surface area contributed by atoms with E-state index in [1.54, 1.807) is 18.2 Å². The molecule has 0 saturated heterocycles. The molecule has 0 spiro atoms. The Hall–Kier alpha value is -2.77. The van der Waals surface area contributed by atoms with Gasteiger partial charge in [-0.05, 0) is 24.0 Å². The maximum atomic E-state index is 11.3. The van der Waals surface area contributed by atoms with Gasteiger partial charge in [0.15, 0.2) is 0 Å². The number of nitrogens with zero attached hydrogens (tertiary/aromatic N) is 2. The van der Waals surface area contributed by atoms with Crippen molar-refractivity contribution in [2.45, 2.75) is 51.9 Å². The molecule has 1 rings (SSSR count). The fourth-order valence-corrected chi connectivity index (χ4v) is 2.86. The molecule has 1 N–H and O–H groups in total. The molecule has 0 aliphatic rings. The van der Waals surface area contributed by atoms with Crippen LogP contribution in [0.3, 0.4) is 0 Å². The number of aryl methyl sites for hydroxylation is 1. The fraction of sp³-hybridized carbons (Fsp3) is 0.500. The Morgan fingerprint density at radius 1 is 1.04 bits per heavy atom. The summed E-state index contributed by atoms with van der Waals surface area (Å²) in [5.74, 6) is -1.78. The normalized spacial score (nSPS) is 11.7. The summed E-state index contributed by atoms with van der Waals surface area (Å²) in [5.41, 5.74) is -0.543. The van der Waals surface area contributed by atoms with E-state index in [4.69, 9.17) is 5.11 Å². The van der Waals surface area contributed by atoms with Gasteiger partial charge in [-0.1, -0.05) is 63.3 Å². The van der Waals surface area contributed by atoms with Crippen LogP contribution < -0.4 is 0 Å². The van der Waals surface area contributed by atoms with Crippen molar-refractivity contribution >= 4 is 11.5 Å². The van der Waals surface area contributed by atoms with Crippen molar-refractivity contribution in [2.75, 3.05) is 6.54 Å². The number of hydrogen-bond donors (Lipinski definition) is 1. The molecule has 8 nitrogen and oxygen atoms in total. The lowest BCUT2D eigenvalue weighted by Crippen LogP contribution is -2.18. The molecule has 1 aromatic carbocycles. The second-order valence-electron chi connectivity index (χ2n) is 6.06. The molecular weight excluding hydrogens is 340 g/mol. The van der Waals surface area contributed by atoms with Crippen molar-refractivity contribution in [2.24, 2.45) is 0 Å². The Bertz CT molecular complexity index is 668. The number of carboxylic acid groups (broad SMARTS) is 1. The maximum absolute atomic E-state index is 11.3. The van der Waals surface area contributed by atoms with Gasteiger partial charge in [-0.3, -0.25) is 20.2 Å². The Labute approximate surface area is 151 Å². The van der Waals surface area contributed by atoms with Crippen LogP contribution in [0.2, 0.25) is 0 Å². The molecule has 26 heavy (non-hydrogen) atoms. The van der Waals surface area contributed by atoms with Crippen molar-refractivity contribution in [1.29, 1.82) is 0 Å². The number of carbonyl (C=O) groups is 1. The van der Waals surface area contributed by atoms with Gasteiger partial charge in [0.2, 0.25) is 6.54 Å². The SMILES string of the molecule is CCCCCCCCc1ccccc1/C(C[N+](=O)[O-])=C(\C(=O)O)[N+](=O)[O-]. The zero-order valence-electron chi connectivity index (χ0n) is 14.8. The van der Waals surface area contributed by atoms with Crippen LogP contribution in [-0.4, -0.2) is 27.5 Å². The minimum Gasteiger partial charge on any atom is -0.473 e. The van der Waals surface area contributed by atoms with Gasteiger partial charge in [0, 0.05) is 4.92 Å². The number of nitro groups is 2. The average Bonchev–Trinajstić information content (AvgIpc) is 2.56. The number of benzene rings is 1. The molecule has 0 saturated carbocycles.